The van der Waals surface area contributed by atoms with Gasteiger partial charge in [0.25, 0.3) is 0 Å². The molecule has 5 nitrogen and oxygen atoms in total. The lowest BCUT2D eigenvalue weighted by Crippen LogP contribution is -2.34. The van der Waals surface area contributed by atoms with E-state index in [9.17, 15) is 13.2 Å². The van der Waals surface area contributed by atoms with Gasteiger partial charge in [-0.2, -0.15) is 0 Å². The number of carbonyl (C=O) groups is 1. The minimum Gasteiger partial charge on any atom is -0.445 e. The fourth-order valence-electron chi connectivity index (χ4n) is 2.73. The molecule has 0 radical (unpaired) electrons. The van der Waals surface area contributed by atoms with Crippen molar-refractivity contribution in [1.29, 1.82) is 0 Å². The minimum absolute atomic E-state index is 0.0317. The lowest BCUT2D eigenvalue weighted by atomic mass is 10.2. The molecule has 0 saturated carbocycles. The van der Waals surface area contributed by atoms with E-state index in [0.29, 0.717) is 13.0 Å². The highest BCUT2D eigenvalue weighted by Gasteiger charge is 2.33. The summed E-state index contributed by atoms with van der Waals surface area (Å²) in [5, 5.41) is 1.35. The van der Waals surface area contributed by atoms with Gasteiger partial charge in [-0.25, -0.2) is 13.2 Å². The molecule has 1 fully saturated rings. The monoisotopic (exact) mass is 365 g/mol. The first kappa shape index (κ1) is 17.0. The van der Waals surface area contributed by atoms with Crippen molar-refractivity contribution in [3.05, 3.63) is 58.3 Å². The molecule has 7 heteroatoms. The number of benzene rings is 1. The van der Waals surface area contributed by atoms with Gasteiger partial charge < -0.3 is 9.64 Å². The Labute approximate surface area is 145 Å². The lowest BCUT2D eigenvalue weighted by Gasteiger charge is -2.19. The van der Waals surface area contributed by atoms with Crippen molar-refractivity contribution >= 4 is 27.3 Å². The number of hydrogen-bond donors (Lipinski definition) is 0. The summed E-state index contributed by atoms with van der Waals surface area (Å²) in [4.78, 5) is 14.6. The van der Waals surface area contributed by atoms with Crippen LogP contribution in [0.25, 0.3) is 0 Å². The Morgan fingerprint density at radius 1 is 1.17 bits per heavy atom. The van der Waals surface area contributed by atoms with Gasteiger partial charge in [0.15, 0.2) is 9.84 Å². The van der Waals surface area contributed by atoms with Crippen LogP contribution < -0.4 is 0 Å². The van der Waals surface area contributed by atoms with Crippen LogP contribution in [0.5, 0.6) is 0 Å². The first-order valence-corrected chi connectivity index (χ1v) is 10.4. The second kappa shape index (κ2) is 7.36. The Balaban J connectivity index is 1.63. The zero-order valence-corrected chi connectivity index (χ0v) is 14.8. The largest absolute Gasteiger partial charge is 0.445 e. The van der Waals surface area contributed by atoms with E-state index in [1.165, 1.54) is 16.2 Å². The van der Waals surface area contributed by atoms with Crippen LogP contribution in [0.4, 0.5) is 4.79 Å². The summed E-state index contributed by atoms with van der Waals surface area (Å²) in [7, 11) is -3.26. The molecule has 2 heterocycles. The number of hydrogen-bond acceptors (Lipinski definition) is 5. The van der Waals surface area contributed by atoms with Gasteiger partial charge >= 0.3 is 6.09 Å². The van der Waals surface area contributed by atoms with Gasteiger partial charge in [-0.3, -0.25) is 0 Å². The number of sulfone groups is 1. The summed E-state index contributed by atoms with van der Waals surface area (Å²) in [6.45, 7) is 0.754. The minimum atomic E-state index is -3.26. The highest BCUT2D eigenvalue weighted by molar-refractivity contribution is 7.91. The Hall–Kier alpha value is -1.86. The molecule has 1 aromatic carbocycles. The fourth-order valence-corrected chi connectivity index (χ4v) is 5.73. The van der Waals surface area contributed by atoms with Crippen molar-refractivity contribution in [3.63, 3.8) is 0 Å². The quantitative estimate of drug-likeness (QED) is 0.838. The van der Waals surface area contributed by atoms with Crippen molar-refractivity contribution in [2.45, 2.75) is 18.3 Å². The van der Waals surface area contributed by atoms with Crippen LogP contribution in [0.15, 0.2) is 47.8 Å². The summed E-state index contributed by atoms with van der Waals surface area (Å²) >= 11 is 1.44. The van der Waals surface area contributed by atoms with Crippen molar-refractivity contribution in [3.8, 4) is 0 Å². The molecule has 1 aromatic heterocycles. The van der Waals surface area contributed by atoms with E-state index in [1.807, 2.05) is 47.8 Å². The molecule has 2 aromatic rings. The molecule has 1 atom stereocenters. The third-order valence-corrected chi connectivity index (χ3v) is 7.31. The van der Waals surface area contributed by atoms with E-state index in [0.717, 1.165) is 10.4 Å². The second-order valence-electron chi connectivity index (χ2n) is 5.69. The van der Waals surface area contributed by atoms with Crippen molar-refractivity contribution in [2.75, 3.05) is 18.8 Å². The average Bonchev–Trinajstić information content (AvgIpc) is 3.05. The lowest BCUT2D eigenvalue weighted by molar-refractivity contribution is 0.0985. The molecular formula is C17H19NO4S2. The molecule has 1 saturated heterocycles. The number of amides is 1. The molecule has 1 aliphatic heterocycles. The van der Waals surface area contributed by atoms with Gasteiger partial charge in [-0.15, -0.1) is 11.3 Å². The summed E-state index contributed by atoms with van der Waals surface area (Å²) in [5.74, 6) is -0.0317. The SMILES string of the molecule is O=C(OCc1ccccc1)N1CC[C@@H](c2cccs2)S(=O)(=O)CC1. The van der Waals surface area contributed by atoms with E-state index < -0.39 is 21.2 Å². The molecule has 0 aliphatic carbocycles. The molecule has 0 unspecified atom stereocenters. The number of carbonyl (C=O) groups excluding carboxylic acids is 1. The van der Waals surface area contributed by atoms with Crippen LogP contribution in [-0.4, -0.2) is 38.3 Å². The van der Waals surface area contributed by atoms with E-state index in [1.54, 1.807) is 0 Å². The summed E-state index contributed by atoms with van der Waals surface area (Å²) < 4.78 is 30.3. The number of rotatable bonds is 3. The average molecular weight is 365 g/mol. The summed E-state index contributed by atoms with van der Waals surface area (Å²) in [6, 6.07) is 13.1. The number of thiophene rings is 1. The first-order chi connectivity index (χ1) is 11.6. The summed E-state index contributed by atoms with van der Waals surface area (Å²) in [6.07, 6.45) is -0.0515. The molecule has 0 bridgehead atoms. The van der Waals surface area contributed by atoms with E-state index in [4.69, 9.17) is 4.74 Å². The predicted molar refractivity (Wildman–Crippen MR) is 93.7 cm³/mol. The molecule has 1 amide bonds. The Kier molecular flexibility index (Phi) is 5.20. The normalized spacial score (nSPS) is 20.3. The first-order valence-electron chi connectivity index (χ1n) is 7.77. The molecule has 0 N–H and O–H groups in total. The maximum atomic E-state index is 12.5. The van der Waals surface area contributed by atoms with Gasteiger partial charge in [0.05, 0.1) is 11.0 Å². The topological polar surface area (TPSA) is 63.7 Å². The Morgan fingerprint density at radius 3 is 2.67 bits per heavy atom. The smallest absolute Gasteiger partial charge is 0.410 e. The van der Waals surface area contributed by atoms with Gasteiger partial charge in [-0.1, -0.05) is 36.4 Å². The van der Waals surface area contributed by atoms with Crippen LogP contribution in [0, 0.1) is 0 Å². The molecule has 128 valence electrons. The van der Waals surface area contributed by atoms with E-state index >= 15 is 0 Å². The van der Waals surface area contributed by atoms with Crippen LogP contribution >= 0.6 is 11.3 Å². The standard InChI is InChI=1S/C17H19NO4S2/c19-17(22-13-14-5-2-1-3-6-14)18-9-8-16(15-7-4-11-23-15)24(20,21)12-10-18/h1-7,11,16H,8-10,12-13H2/t16-/m0/s1. The molecule has 24 heavy (non-hydrogen) atoms. The van der Waals surface area contributed by atoms with Gasteiger partial charge in [0, 0.05) is 18.0 Å². The van der Waals surface area contributed by atoms with Crippen molar-refractivity contribution in [1.82, 2.24) is 4.90 Å². The molecule has 3 rings (SSSR count). The van der Waals surface area contributed by atoms with Crippen LogP contribution in [0.2, 0.25) is 0 Å². The third-order valence-electron chi connectivity index (χ3n) is 4.06. The third kappa shape index (κ3) is 3.96. The maximum absolute atomic E-state index is 12.5. The number of ether oxygens (including phenoxy) is 1. The zero-order valence-electron chi connectivity index (χ0n) is 13.1. The highest BCUT2D eigenvalue weighted by Crippen LogP contribution is 2.32. The Morgan fingerprint density at radius 2 is 1.96 bits per heavy atom. The van der Waals surface area contributed by atoms with Gasteiger partial charge in [-0.05, 0) is 23.4 Å². The fraction of sp³-hybridized carbons (Fsp3) is 0.353. The zero-order chi connectivity index (χ0) is 17.0. The van der Waals surface area contributed by atoms with Gasteiger partial charge in [0.1, 0.15) is 6.61 Å². The molecule has 0 spiro atoms. The van der Waals surface area contributed by atoms with Crippen LogP contribution in [0.1, 0.15) is 22.1 Å². The Bertz CT molecular complexity index is 772. The van der Waals surface area contributed by atoms with Crippen LogP contribution in [-0.2, 0) is 21.2 Å². The van der Waals surface area contributed by atoms with E-state index in [-0.39, 0.29) is 18.9 Å². The van der Waals surface area contributed by atoms with Crippen molar-refractivity contribution in [2.24, 2.45) is 0 Å². The maximum Gasteiger partial charge on any atom is 0.410 e. The van der Waals surface area contributed by atoms with Crippen LogP contribution in [0.3, 0.4) is 0 Å². The highest BCUT2D eigenvalue weighted by atomic mass is 32.2. The second-order valence-corrected chi connectivity index (χ2v) is 8.97. The number of nitrogens with zero attached hydrogens (tertiary/aromatic N) is 1. The van der Waals surface area contributed by atoms with Crippen molar-refractivity contribution < 1.29 is 17.9 Å². The van der Waals surface area contributed by atoms with Gasteiger partial charge in [0.2, 0.25) is 0 Å². The molecule has 1 aliphatic rings. The van der Waals surface area contributed by atoms with E-state index in [2.05, 4.69) is 0 Å². The summed E-state index contributed by atoms with van der Waals surface area (Å²) in [5.41, 5.74) is 0.907. The predicted octanol–water partition coefficient (Wildman–Crippen LogP) is 3.25. The molecular weight excluding hydrogens is 346 g/mol.